The standard InChI is InChI=1S/C25H41NO7/c1-6-26-11-22(12-27)8-7-16(31-3)24-14-9-13-15(30-2)10-23(28,17(14)18(13)32-4)25(29,21(24)26)20(33-5)19(22)24/h13-21,27-29H,6-12H2,1-5H3/t13-,14-,15+,16?,17-,18+,19-,20+,21+,22+,23-,24?,25+/m1/s1. The second-order valence-electron chi connectivity index (χ2n) is 11.8. The van der Waals surface area contributed by atoms with Crippen molar-refractivity contribution in [1.82, 2.24) is 4.90 Å². The Morgan fingerprint density at radius 2 is 1.79 bits per heavy atom. The van der Waals surface area contributed by atoms with E-state index in [4.69, 9.17) is 18.9 Å². The molecule has 6 aliphatic rings. The minimum Gasteiger partial charge on any atom is -0.396 e. The van der Waals surface area contributed by atoms with Crippen LogP contribution in [0.15, 0.2) is 0 Å². The van der Waals surface area contributed by atoms with Gasteiger partial charge in [-0.3, -0.25) is 4.90 Å². The van der Waals surface area contributed by atoms with Gasteiger partial charge in [-0.05, 0) is 31.7 Å². The molecule has 0 aromatic heterocycles. The largest absolute Gasteiger partial charge is 0.396 e. The molecular formula is C25H41NO7. The van der Waals surface area contributed by atoms with Crippen LogP contribution in [0.3, 0.4) is 0 Å². The van der Waals surface area contributed by atoms with Crippen molar-refractivity contribution in [3.8, 4) is 0 Å². The van der Waals surface area contributed by atoms with Gasteiger partial charge < -0.3 is 34.3 Å². The van der Waals surface area contributed by atoms with Crippen LogP contribution in [0.25, 0.3) is 0 Å². The summed E-state index contributed by atoms with van der Waals surface area (Å²) in [5.74, 6) is -0.0916. The number of fused-ring (bicyclic) bond motifs is 2. The maximum Gasteiger partial charge on any atom is 0.136 e. The van der Waals surface area contributed by atoms with Crippen molar-refractivity contribution < 1.29 is 34.3 Å². The highest BCUT2D eigenvalue weighted by Gasteiger charge is 2.91. The molecule has 7 bridgehead atoms. The van der Waals surface area contributed by atoms with E-state index in [0.717, 1.165) is 25.8 Å². The SMILES string of the molecule is CCN1C[C@]2(CO)CCC(OC)C34[C@@H]5C[C@H]6[C@H](OC)[C@@H]5[C@](O)(C[C@@H]6OC)[C@](O)([C@@H](OC)[C@@H]32)[C@@H]14. The van der Waals surface area contributed by atoms with Crippen molar-refractivity contribution in [3.05, 3.63) is 0 Å². The Kier molecular flexibility index (Phi) is 4.99. The zero-order chi connectivity index (χ0) is 23.6. The molecule has 188 valence electrons. The van der Waals surface area contributed by atoms with E-state index in [1.807, 2.05) is 0 Å². The number of aliphatic hydroxyl groups excluding tert-OH is 1. The Morgan fingerprint density at radius 1 is 1.03 bits per heavy atom. The predicted octanol–water partition coefficient (Wildman–Crippen LogP) is 0.271. The van der Waals surface area contributed by atoms with Gasteiger partial charge in [0.2, 0.25) is 0 Å². The van der Waals surface area contributed by atoms with Crippen LogP contribution in [-0.2, 0) is 18.9 Å². The molecule has 13 atom stereocenters. The van der Waals surface area contributed by atoms with Gasteiger partial charge in [-0.15, -0.1) is 0 Å². The average molecular weight is 468 g/mol. The molecule has 8 nitrogen and oxygen atoms in total. The summed E-state index contributed by atoms with van der Waals surface area (Å²) in [7, 11) is 6.85. The van der Waals surface area contributed by atoms with Gasteiger partial charge in [-0.25, -0.2) is 0 Å². The molecule has 5 aliphatic carbocycles. The van der Waals surface area contributed by atoms with E-state index in [1.165, 1.54) is 0 Å². The summed E-state index contributed by atoms with van der Waals surface area (Å²) in [5, 5.41) is 36.6. The van der Waals surface area contributed by atoms with E-state index in [1.54, 1.807) is 28.4 Å². The monoisotopic (exact) mass is 467 g/mol. The minimum atomic E-state index is -1.52. The molecule has 1 heterocycles. The average Bonchev–Trinajstić information content (AvgIpc) is 3.24. The first-order valence-corrected chi connectivity index (χ1v) is 12.7. The number of piperidine rings is 1. The zero-order valence-electron chi connectivity index (χ0n) is 20.6. The van der Waals surface area contributed by atoms with E-state index in [0.29, 0.717) is 13.0 Å². The molecule has 0 radical (unpaired) electrons. The maximum absolute atomic E-state index is 13.0. The lowest BCUT2D eigenvalue weighted by Gasteiger charge is -2.70. The van der Waals surface area contributed by atoms with Gasteiger partial charge in [0.1, 0.15) is 11.2 Å². The van der Waals surface area contributed by atoms with Crippen LogP contribution in [0, 0.1) is 34.5 Å². The number of aliphatic hydroxyl groups is 3. The van der Waals surface area contributed by atoms with E-state index >= 15 is 0 Å². The van der Waals surface area contributed by atoms with Crippen molar-refractivity contribution in [2.45, 2.75) is 74.3 Å². The van der Waals surface area contributed by atoms with Gasteiger partial charge in [0, 0.05) is 70.0 Å². The molecule has 6 rings (SSSR count). The number of hydrogen-bond donors (Lipinski definition) is 3. The Hall–Kier alpha value is -0.320. The first-order valence-electron chi connectivity index (χ1n) is 12.7. The van der Waals surface area contributed by atoms with Gasteiger partial charge in [0.15, 0.2) is 0 Å². The van der Waals surface area contributed by atoms with Gasteiger partial charge >= 0.3 is 0 Å². The molecule has 1 saturated heterocycles. The first-order chi connectivity index (χ1) is 15.8. The molecule has 6 fully saturated rings. The van der Waals surface area contributed by atoms with Crippen LogP contribution in [0.2, 0.25) is 0 Å². The number of methoxy groups -OCH3 is 4. The number of ether oxygens (including phenoxy) is 4. The third-order valence-electron chi connectivity index (χ3n) is 11.6. The Bertz CT molecular complexity index is 814. The molecule has 3 N–H and O–H groups in total. The molecular weight excluding hydrogens is 426 g/mol. The summed E-state index contributed by atoms with van der Waals surface area (Å²) in [5.41, 5.74) is -3.78. The minimum absolute atomic E-state index is 0.0443. The molecule has 2 unspecified atom stereocenters. The molecule has 8 heteroatoms. The fourth-order valence-corrected chi connectivity index (χ4v) is 11.0. The van der Waals surface area contributed by atoms with Crippen LogP contribution in [0.4, 0.5) is 0 Å². The Morgan fingerprint density at radius 3 is 2.36 bits per heavy atom. The van der Waals surface area contributed by atoms with Crippen LogP contribution in [0.5, 0.6) is 0 Å². The first kappa shape index (κ1) is 23.1. The summed E-state index contributed by atoms with van der Waals surface area (Å²) >= 11 is 0. The number of rotatable bonds is 6. The number of nitrogens with zero attached hydrogens (tertiary/aromatic N) is 1. The molecule has 5 saturated carbocycles. The molecule has 0 amide bonds. The molecule has 1 spiro atoms. The highest BCUT2D eigenvalue weighted by atomic mass is 16.5. The van der Waals surface area contributed by atoms with Crippen LogP contribution >= 0.6 is 0 Å². The maximum atomic E-state index is 13.0. The summed E-state index contributed by atoms with van der Waals surface area (Å²) in [6.07, 6.45) is 1.81. The number of likely N-dealkylation sites (N-methyl/N-ethyl adjacent to an activating group) is 1. The van der Waals surface area contributed by atoms with Crippen LogP contribution in [-0.4, -0.2) is 110 Å². The van der Waals surface area contributed by atoms with Gasteiger partial charge in [0.05, 0.1) is 37.1 Å². The molecule has 0 aromatic carbocycles. The zero-order valence-corrected chi connectivity index (χ0v) is 20.6. The van der Waals surface area contributed by atoms with E-state index < -0.39 is 28.1 Å². The quantitative estimate of drug-likeness (QED) is 0.512. The van der Waals surface area contributed by atoms with Gasteiger partial charge in [-0.2, -0.15) is 0 Å². The van der Waals surface area contributed by atoms with Crippen molar-refractivity contribution >= 4 is 0 Å². The molecule has 33 heavy (non-hydrogen) atoms. The second-order valence-corrected chi connectivity index (χ2v) is 11.8. The summed E-state index contributed by atoms with van der Waals surface area (Å²) in [6, 6.07) is -0.312. The summed E-state index contributed by atoms with van der Waals surface area (Å²) in [4.78, 5) is 2.33. The summed E-state index contributed by atoms with van der Waals surface area (Å²) in [6.45, 7) is 3.59. The topological polar surface area (TPSA) is 101 Å². The third-order valence-corrected chi connectivity index (χ3v) is 11.6. The third kappa shape index (κ3) is 2.16. The lowest BCUT2D eigenvalue weighted by molar-refractivity contribution is -0.320. The van der Waals surface area contributed by atoms with Crippen molar-refractivity contribution in [3.63, 3.8) is 0 Å². The number of likely N-dealkylation sites (tertiary alicyclic amines) is 1. The normalized spacial score (nSPS) is 60.9. The van der Waals surface area contributed by atoms with Crippen LogP contribution in [0.1, 0.15) is 32.6 Å². The molecule has 0 aromatic rings. The Labute approximate surface area is 196 Å². The van der Waals surface area contributed by atoms with Crippen molar-refractivity contribution in [2.24, 2.45) is 34.5 Å². The smallest absolute Gasteiger partial charge is 0.136 e. The Balaban J connectivity index is 1.68. The van der Waals surface area contributed by atoms with Gasteiger partial charge in [0.25, 0.3) is 0 Å². The van der Waals surface area contributed by atoms with Crippen LogP contribution < -0.4 is 0 Å². The second kappa shape index (κ2) is 7.13. The fraction of sp³-hybridized carbons (Fsp3) is 1.00. The predicted molar refractivity (Wildman–Crippen MR) is 119 cm³/mol. The lowest BCUT2D eigenvalue weighted by Crippen LogP contribution is -2.82. The highest BCUT2D eigenvalue weighted by Crippen LogP contribution is 2.80. The van der Waals surface area contributed by atoms with E-state index in [2.05, 4.69) is 11.8 Å². The molecule has 1 aliphatic heterocycles. The fourth-order valence-electron chi connectivity index (χ4n) is 11.0. The highest BCUT2D eigenvalue weighted by molar-refractivity contribution is 5.41. The lowest BCUT2D eigenvalue weighted by atomic mass is 9.42. The number of hydrogen-bond acceptors (Lipinski definition) is 8. The van der Waals surface area contributed by atoms with Crippen molar-refractivity contribution in [2.75, 3.05) is 48.1 Å². The summed E-state index contributed by atoms with van der Waals surface area (Å²) < 4.78 is 24.5. The van der Waals surface area contributed by atoms with Gasteiger partial charge in [-0.1, -0.05) is 6.92 Å². The van der Waals surface area contributed by atoms with E-state index in [9.17, 15) is 15.3 Å². The van der Waals surface area contributed by atoms with E-state index in [-0.39, 0.29) is 54.6 Å². The van der Waals surface area contributed by atoms with Crippen molar-refractivity contribution in [1.29, 1.82) is 0 Å².